The van der Waals surface area contributed by atoms with Gasteiger partial charge in [0.25, 0.3) is 0 Å². The van der Waals surface area contributed by atoms with E-state index in [1.54, 1.807) is 0 Å². The molecule has 10 heavy (non-hydrogen) atoms. The van der Waals surface area contributed by atoms with E-state index in [9.17, 15) is 0 Å². The molecule has 0 aromatic heterocycles. The maximum absolute atomic E-state index is 8.90. The Morgan fingerprint density at radius 2 is 2.20 bits per heavy atom. The molecule has 2 atom stereocenters. The number of nitrogens with zero attached hydrogens (tertiary/aromatic N) is 1. The van der Waals surface area contributed by atoms with Crippen LogP contribution in [0.2, 0.25) is 0 Å². The molecule has 1 aliphatic rings. The fourth-order valence-corrected chi connectivity index (χ4v) is 1.90. The number of hydrogen-bond acceptors (Lipinski definition) is 2. The van der Waals surface area contributed by atoms with E-state index in [1.165, 1.54) is 13.0 Å². The van der Waals surface area contributed by atoms with Crippen LogP contribution in [0.15, 0.2) is 0 Å². The first-order chi connectivity index (χ1) is 4.72. The van der Waals surface area contributed by atoms with Gasteiger partial charge in [-0.05, 0) is 25.3 Å². The third-order valence-corrected chi connectivity index (χ3v) is 2.19. The lowest BCUT2D eigenvalue weighted by Crippen LogP contribution is -2.38. The average molecular weight is 143 g/mol. The monoisotopic (exact) mass is 143 g/mol. The van der Waals surface area contributed by atoms with Crippen molar-refractivity contribution in [2.45, 2.75) is 13.3 Å². The third-order valence-electron chi connectivity index (χ3n) is 2.19. The molecule has 0 aromatic carbocycles. The number of aliphatic hydroxyl groups excluding tert-OH is 1. The minimum absolute atomic E-state index is 0.356. The highest BCUT2D eigenvalue weighted by atomic mass is 16.3. The van der Waals surface area contributed by atoms with Crippen LogP contribution >= 0.6 is 0 Å². The summed E-state index contributed by atoms with van der Waals surface area (Å²) in [5.41, 5.74) is 0. The largest absolute Gasteiger partial charge is 0.396 e. The average Bonchev–Trinajstić information content (AvgIpc) is 1.85. The highest BCUT2D eigenvalue weighted by Crippen LogP contribution is 2.19. The molecule has 1 fully saturated rings. The van der Waals surface area contributed by atoms with Crippen LogP contribution in [0, 0.1) is 11.8 Å². The van der Waals surface area contributed by atoms with Crippen LogP contribution in [0.3, 0.4) is 0 Å². The number of hydrogen-bond donors (Lipinski definition) is 1. The van der Waals surface area contributed by atoms with E-state index in [1.807, 2.05) is 0 Å². The zero-order valence-electron chi connectivity index (χ0n) is 6.88. The molecule has 0 radical (unpaired) electrons. The summed E-state index contributed by atoms with van der Waals surface area (Å²) >= 11 is 0. The zero-order valence-corrected chi connectivity index (χ0v) is 6.88. The molecular formula is C8H17NO. The Hall–Kier alpha value is -0.0800. The summed E-state index contributed by atoms with van der Waals surface area (Å²) in [6, 6.07) is 0. The van der Waals surface area contributed by atoms with Crippen LogP contribution in [0.4, 0.5) is 0 Å². The number of likely N-dealkylation sites (tertiary alicyclic amines) is 1. The van der Waals surface area contributed by atoms with E-state index in [2.05, 4.69) is 18.9 Å². The fourth-order valence-electron chi connectivity index (χ4n) is 1.90. The normalized spacial score (nSPS) is 36.3. The van der Waals surface area contributed by atoms with Crippen LogP contribution < -0.4 is 0 Å². The van der Waals surface area contributed by atoms with Gasteiger partial charge in [0.05, 0.1) is 0 Å². The molecule has 1 saturated heterocycles. The van der Waals surface area contributed by atoms with Gasteiger partial charge in [-0.2, -0.15) is 0 Å². The summed E-state index contributed by atoms with van der Waals surface area (Å²) in [5.74, 6) is 1.28. The number of piperidine rings is 1. The van der Waals surface area contributed by atoms with Gasteiger partial charge in [0.15, 0.2) is 0 Å². The molecule has 0 amide bonds. The molecule has 2 nitrogen and oxygen atoms in total. The Kier molecular flexibility index (Phi) is 2.69. The van der Waals surface area contributed by atoms with Crippen LogP contribution in [-0.2, 0) is 0 Å². The van der Waals surface area contributed by atoms with E-state index in [0.29, 0.717) is 12.5 Å². The molecule has 1 N–H and O–H groups in total. The lowest BCUT2D eigenvalue weighted by atomic mass is 9.91. The molecule has 1 rings (SSSR count). The first-order valence-corrected chi connectivity index (χ1v) is 4.01. The highest BCUT2D eigenvalue weighted by Gasteiger charge is 2.20. The topological polar surface area (TPSA) is 23.5 Å². The summed E-state index contributed by atoms with van der Waals surface area (Å²) in [7, 11) is 2.12. The lowest BCUT2D eigenvalue weighted by molar-refractivity contribution is 0.108. The van der Waals surface area contributed by atoms with E-state index < -0.39 is 0 Å². The molecule has 0 bridgehead atoms. The summed E-state index contributed by atoms with van der Waals surface area (Å²) in [4.78, 5) is 2.30. The van der Waals surface area contributed by atoms with E-state index in [0.717, 1.165) is 12.5 Å². The van der Waals surface area contributed by atoms with Gasteiger partial charge in [-0.25, -0.2) is 0 Å². The quantitative estimate of drug-likeness (QED) is 0.580. The van der Waals surface area contributed by atoms with E-state index in [4.69, 9.17) is 5.11 Å². The SMILES string of the molecule is C[C@@H]1C[C@@H](CO)CN(C)C1. The van der Waals surface area contributed by atoms with E-state index >= 15 is 0 Å². The van der Waals surface area contributed by atoms with Crippen molar-refractivity contribution in [3.63, 3.8) is 0 Å². The van der Waals surface area contributed by atoms with Crippen molar-refractivity contribution < 1.29 is 5.11 Å². The summed E-state index contributed by atoms with van der Waals surface area (Å²) in [6.07, 6.45) is 1.20. The molecule has 0 unspecified atom stereocenters. The summed E-state index contributed by atoms with van der Waals surface area (Å²) < 4.78 is 0. The first-order valence-electron chi connectivity index (χ1n) is 4.01. The van der Waals surface area contributed by atoms with Gasteiger partial charge < -0.3 is 10.0 Å². The van der Waals surface area contributed by atoms with Gasteiger partial charge in [0.1, 0.15) is 0 Å². The minimum Gasteiger partial charge on any atom is -0.396 e. The Balaban J connectivity index is 2.35. The summed E-state index contributed by atoms with van der Waals surface area (Å²) in [5, 5.41) is 8.90. The molecule has 2 heteroatoms. The second kappa shape index (κ2) is 3.35. The van der Waals surface area contributed by atoms with Crippen molar-refractivity contribution in [2.75, 3.05) is 26.7 Å². The van der Waals surface area contributed by atoms with Crippen molar-refractivity contribution in [1.29, 1.82) is 0 Å². The zero-order chi connectivity index (χ0) is 7.56. The Morgan fingerprint density at radius 1 is 1.50 bits per heavy atom. The van der Waals surface area contributed by atoms with Crippen molar-refractivity contribution in [3.8, 4) is 0 Å². The minimum atomic E-state index is 0.356. The van der Waals surface area contributed by atoms with Crippen LogP contribution in [0.1, 0.15) is 13.3 Å². The second-order valence-corrected chi connectivity index (χ2v) is 3.61. The molecule has 0 aromatic rings. The van der Waals surface area contributed by atoms with Crippen molar-refractivity contribution >= 4 is 0 Å². The Bertz CT molecular complexity index is 95.4. The van der Waals surface area contributed by atoms with Gasteiger partial charge in [0.2, 0.25) is 0 Å². The standard InChI is InChI=1S/C8H17NO/c1-7-3-8(6-10)5-9(2)4-7/h7-8,10H,3-6H2,1-2H3/t7-,8-/m1/s1. The molecule has 1 aliphatic heterocycles. The Labute approximate surface area is 62.8 Å². The number of aliphatic hydroxyl groups is 1. The van der Waals surface area contributed by atoms with Crippen molar-refractivity contribution in [2.24, 2.45) is 11.8 Å². The van der Waals surface area contributed by atoms with Gasteiger partial charge in [0, 0.05) is 19.7 Å². The summed E-state index contributed by atoms with van der Waals surface area (Å²) in [6.45, 7) is 4.87. The lowest BCUT2D eigenvalue weighted by Gasteiger charge is -2.32. The van der Waals surface area contributed by atoms with Crippen LogP contribution in [0.25, 0.3) is 0 Å². The molecule has 1 heterocycles. The third kappa shape index (κ3) is 1.96. The predicted molar refractivity (Wildman–Crippen MR) is 41.9 cm³/mol. The van der Waals surface area contributed by atoms with Crippen molar-refractivity contribution in [1.82, 2.24) is 4.90 Å². The van der Waals surface area contributed by atoms with Crippen LogP contribution in [-0.4, -0.2) is 36.8 Å². The predicted octanol–water partition coefficient (Wildman–Crippen LogP) is 0.567. The molecule has 0 aliphatic carbocycles. The second-order valence-electron chi connectivity index (χ2n) is 3.61. The maximum atomic E-state index is 8.90. The Morgan fingerprint density at radius 3 is 2.70 bits per heavy atom. The van der Waals surface area contributed by atoms with Crippen LogP contribution in [0.5, 0.6) is 0 Å². The first kappa shape index (κ1) is 8.02. The number of rotatable bonds is 1. The van der Waals surface area contributed by atoms with Crippen molar-refractivity contribution in [3.05, 3.63) is 0 Å². The molecule has 0 spiro atoms. The smallest absolute Gasteiger partial charge is 0.0471 e. The van der Waals surface area contributed by atoms with Gasteiger partial charge >= 0.3 is 0 Å². The molecular weight excluding hydrogens is 126 g/mol. The van der Waals surface area contributed by atoms with Gasteiger partial charge in [-0.3, -0.25) is 0 Å². The van der Waals surface area contributed by atoms with Gasteiger partial charge in [-0.1, -0.05) is 6.92 Å². The van der Waals surface area contributed by atoms with Gasteiger partial charge in [-0.15, -0.1) is 0 Å². The fraction of sp³-hybridized carbons (Fsp3) is 1.00. The highest BCUT2D eigenvalue weighted by molar-refractivity contribution is 4.73. The molecule has 0 saturated carbocycles. The maximum Gasteiger partial charge on any atom is 0.0471 e. The molecule has 60 valence electrons. The van der Waals surface area contributed by atoms with E-state index in [-0.39, 0.29) is 0 Å².